The van der Waals surface area contributed by atoms with Crippen molar-refractivity contribution >= 4 is 32.9 Å². The van der Waals surface area contributed by atoms with Gasteiger partial charge in [0.25, 0.3) is 0 Å². The number of hydrogen-bond donors (Lipinski definition) is 0. The van der Waals surface area contributed by atoms with E-state index in [2.05, 4.69) is 102 Å². The summed E-state index contributed by atoms with van der Waals surface area (Å²) in [5, 5.41) is 2.47. The first-order valence-electron chi connectivity index (χ1n) is 17.2. The van der Waals surface area contributed by atoms with Gasteiger partial charge in [-0.25, -0.2) is 19.9 Å². The summed E-state index contributed by atoms with van der Waals surface area (Å²) in [7, 11) is 0. The van der Waals surface area contributed by atoms with Crippen molar-refractivity contribution in [3.63, 3.8) is 0 Å². The maximum atomic E-state index is 6.39. The third-order valence-electron chi connectivity index (χ3n) is 9.49. The van der Waals surface area contributed by atoms with E-state index in [1.807, 2.05) is 78.9 Å². The molecule has 3 heterocycles. The van der Waals surface area contributed by atoms with Crippen LogP contribution in [-0.4, -0.2) is 24.5 Å². The molecular weight excluding hydrogens is 639 g/mol. The van der Waals surface area contributed by atoms with Gasteiger partial charge in [0, 0.05) is 38.7 Å². The second-order valence-corrected chi connectivity index (χ2v) is 12.7. The fourth-order valence-corrected chi connectivity index (χ4v) is 6.96. The number of aromatic nitrogens is 5. The lowest BCUT2D eigenvalue weighted by molar-refractivity contribution is 0.620. The maximum absolute atomic E-state index is 6.39. The van der Waals surface area contributed by atoms with Crippen LogP contribution in [-0.2, 0) is 0 Å². The SMILES string of the molecule is c1ccc(-c2cccc(-c3nc(-c4ccccc4)nc(-c4ccc5nc(-c6ccc(-n7c8ccccc8c8ccccc87)cc6)oc5c4)n3)c2)cc1. The summed E-state index contributed by atoms with van der Waals surface area (Å²) < 4.78 is 8.70. The van der Waals surface area contributed by atoms with Gasteiger partial charge >= 0.3 is 0 Å². The molecule has 0 unspecified atom stereocenters. The van der Waals surface area contributed by atoms with Crippen molar-refractivity contribution in [2.45, 2.75) is 0 Å². The second kappa shape index (κ2) is 12.3. The Morgan fingerprint density at radius 2 is 0.885 bits per heavy atom. The highest BCUT2D eigenvalue weighted by molar-refractivity contribution is 6.09. The van der Waals surface area contributed by atoms with Crippen LogP contribution in [0.5, 0.6) is 0 Å². The Labute approximate surface area is 299 Å². The molecule has 0 aliphatic rings. The van der Waals surface area contributed by atoms with Crippen LogP contribution in [0.15, 0.2) is 180 Å². The van der Waals surface area contributed by atoms with Gasteiger partial charge < -0.3 is 8.98 Å². The van der Waals surface area contributed by atoms with Gasteiger partial charge in [-0.2, -0.15) is 0 Å². The second-order valence-electron chi connectivity index (χ2n) is 12.7. The predicted molar refractivity (Wildman–Crippen MR) is 209 cm³/mol. The van der Waals surface area contributed by atoms with E-state index < -0.39 is 0 Å². The first kappa shape index (κ1) is 29.7. The average Bonchev–Trinajstić information content (AvgIpc) is 3.81. The molecule has 0 spiro atoms. The maximum Gasteiger partial charge on any atom is 0.227 e. The van der Waals surface area contributed by atoms with E-state index in [9.17, 15) is 0 Å². The summed E-state index contributed by atoms with van der Waals surface area (Å²) in [4.78, 5) is 19.7. The Hall–Kier alpha value is -7.18. The molecule has 0 atom stereocenters. The summed E-state index contributed by atoms with van der Waals surface area (Å²) in [5.74, 6) is 2.32. The Balaban J connectivity index is 1.02. The largest absolute Gasteiger partial charge is 0.436 e. The molecule has 7 aromatic carbocycles. The molecule has 6 heteroatoms. The zero-order chi connectivity index (χ0) is 34.4. The van der Waals surface area contributed by atoms with Crippen molar-refractivity contribution in [1.82, 2.24) is 24.5 Å². The molecule has 0 saturated heterocycles. The van der Waals surface area contributed by atoms with Gasteiger partial charge in [0.15, 0.2) is 23.1 Å². The molecule has 0 aliphatic carbocycles. The van der Waals surface area contributed by atoms with Crippen LogP contribution in [0.2, 0.25) is 0 Å². The zero-order valence-electron chi connectivity index (χ0n) is 27.9. The summed E-state index contributed by atoms with van der Waals surface area (Å²) in [6.45, 7) is 0. The number of nitrogens with zero attached hydrogens (tertiary/aromatic N) is 5. The molecule has 0 saturated carbocycles. The quantitative estimate of drug-likeness (QED) is 0.176. The first-order chi connectivity index (χ1) is 25.7. The molecular formula is C46H29N5O. The van der Waals surface area contributed by atoms with Crippen LogP contribution in [0, 0.1) is 0 Å². The van der Waals surface area contributed by atoms with Gasteiger partial charge in [-0.1, -0.05) is 115 Å². The highest BCUT2D eigenvalue weighted by atomic mass is 16.3. The van der Waals surface area contributed by atoms with Crippen molar-refractivity contribution < 1.29 is 4.42 Å². The van der Waals surface area contributed by atoms with Crippen LogP contribution in [0.25, 0.3) is 95.3 Å². The van der Waals surface area contributed by atoms with Gasteiger partial charge in [-0.3, -0.25) is 0 Å². The van der Waals surface area contributed by atoms with Crippen LogP contribution in [0.3, 0.4) is 0 Å². The van der Waals surface area contributed by atoms with Crippen molar-refractivity contribution in [3.05, 3.63) is 176 Å². The van der Waals surface area contributed by atoms with Crippen LogP contribution in [0.1, 0.15) is 0 Å². The molecule has 10 rings (SSSR count). The third-order valence-corrected chi connectivity index (χ3v) is 9.49. The highest BCUT2D eigenvalue weighted by Gasteiger charge is 2.16. The fourth-order valence-electron chi connectivity index (χ4n) is 6.96. The molecule has 3 aromatic heterocycles. The number of hydrogen-bond acceptors (Lipinski definition) is 5. The lowest BCUT2D eigenvalue weighted by atomic mass is 10.0. The van der Waals surface area contributed by atoms with Gasteiger partial charge in [0.2, 0.25) is 5.89 Å². The van der Waals surface area contributed by atoms with Crippen LogP contribution < -0.4 is 0 Å². The molecule has 0 amide bonds. The average molecular weight is 668 g/mol. The third kappa shape index (κ3) is 5.22. The number of rotatable bonds is 6. The molecule has 0 radical (unpaired) electrons. The van der Waals surface area contributed by atoms with Crippen molar-refractivity contribution in [2.24, 2.45) is 0 Å². The molecule has 0 bridgehead atoms. The van der Waals surface area contributed by atoms with Crippen LogP contribution >= 0.6 is 0 Å². The van der Waals surface area contributed by atoms with E-state index in [4.69, 9.17) is 24.4 Å². The number of fused-ring (bicyclic) bond motifs is 4. The van der Waals surface area contributed by atoms with Crippen molar-refractivity contribution in [3.8, 4) is 62.4 Å². The molecule has 244 valence electrons. The number of benzene rings is 7. The summed E-state index contributed by atoms with van der Waals surface area (Å²) in [6.07, 6.45) is 0. The van der Waals surface area contributed by atoms with E-state index in [1.165, 1.54) is 21.8 Å². The number of oxazole rings is 1. The van der Waals surface area contributed by atoms with E-state index in [-0.39, 0.29) is 0 Å². The monoisotopic (exact) mass is 667 g/mol. The van der Waals surface area contributed by atoms with Gasteiger partial charge in [0.05, 0.1) is 11.0 Å². The highest BCUT2D eigenvalue weighted by Crippen LogP contribution is 2.34. The fraction of sp³-hybridized carbons (Fsp3) is 0. The topological polar surface area (TPSA) is 69.6 Å². The Morgan fingerprint density at radius 3 is 1.56 bits per heavy atom. The van der Waals surface area contributed by atoms with E-state index in [0.717, 1.165) is 44.6 Å². The summed E-state index contributed by atoms with van der Waals surface area (Å²) in [6, 6.07) is 60.0. The van der Waals surface area contributed by atoms with Crippen LogP contribution in [0.4, 0.5) is 0 Å². The van der Waals surface area contributed by atoms with Crippen molar-refractivity contribution in [1.29, 1.82) is 0 Å². The minimum atomic E-state index is 0.556. The smallest absolute Gasteiger partial charge is 0.227 e. The lowest BCUT2D eigenvalue weighted by Crippen LogP contribution is -2.00. The molecule has 0 fully saturated rings. The van der Waals surface area contributed by atoms with E-state index in [1.54, 1.807) is 0 Å². The number of para-hydroxylation sites is 2. The predicted octanol–water partition coefficient (Wildman–Crippen LogP) is 11.4. The summed E-state index contributed by atoms with van der Waals surface area (Å²) >= 11 is 0. The van der Waals surface area contributed by atoms with Gasteiger partial charge in [0.1, 0.15) is 5.52 Å². The zero-order valence-corrected chi connectivity index (χ0v) is 27.9. The van der Waals surface area contributed by atoms with E-state index in [0.29, 0.717) is 28.9 Å². The Morgan fingerprint density at radius 1 is 0.365 bits per heavy atom. The van der Waals surface area contributed by atoms with Gasteiger partial charge in [-0.05, 0) is 71.8 Å². The van der Waals surface area contributed by atoms with E-state index >= 15 is 0 Å². The van der Waals surface area contributed by atoms with Gasteiger partial charge in [-0.15, -0.1) is 0 Å². The minimum absolute atomic E-state index is 0.556. The Bertz CT molecular complexity index is 2840. The first-order valence-corrected chi connectivity index (χ1v) is 17.2. The molecule has 10 aromatic rings. The standard InChI is InChI=1S/C46H29N5O/c1-3-12-30(13-4-1)33-16-11-17-34(28-33)44-48-43(31-14-5-2-6-15-31)49-45(50-44)35-24-27-39-42(29-35)52-46(47-39)32-22-25-36(26-23-32)51-40-20-9-7-18-37(40)38-19-8-10-21-41(38)51/h1-29H. The Kier molecular flexibility index (Phi) is 7.03. The molecule has 52 heavy (non-hydrogen) atoms. The molecule has 6 nitrogen and oxygen atoms in total. The molecule has 0 aliphatic heterocycles. The molecule has 0 N–H and O–H groups in total. The summed E-state index contributed by atoms with van der Waals surface area (Å²) in [5.41, 5.74) is 10.6. The minimum Gasteiger partial charge on any atom is -0.436 e. The normalized spacial score (nSPS) is 11.5. The lowest BCUT2D eigenvalue weighted by Gasteiger charge is -2.09. The van der Waals surface area contributed by atoms with Crippen molar-refractivity contribution in [2.75, 3.05) is 0 Å².